The standard InChI is InChI=1S/C20H21N3O2/c1-3-17(15-10-8-14(2)9-11-15)22-20(25)13-23-18-7-5-4-6-16(18)19(24)12-21-23/h4-12,17H,3,13H2,1-2H3,(H,22,25). The molecule has 5 nitrogen and oxygen atoms in total. The monoisotopic (exact) mass is 335 g/mol. The number of para-hydroxylation sites is 1. The lowest BCUT2D eigenvalue weighted by Gasteiger charge is -2.18. The van der Waals surface area contributed by atoms with Crippen LogP contribution < -0.4 is 10.7 Å². The van der Waals surface area contributed by atoms with Crippen LogP contribution in [0.1, 0.15) is 30.5 Å². The second-order valence-corrected chi connectivity index (χ2v) is 6.12. The molecule has 3 aromatic rings. The van der Waals surface area contributed by atoms with Gasteiger partial charge in [0.15, 0.2) is 0 Å². The van der Waals surface area contributed by atoms with Crippen molar-refractivity contribution in [2.45, 2.75) is 32.9 Å². The van der Waals surface area contributed by atoms with Crippen molar-refractivity contribution in [3.8, 4) is 0 Å². The molecule has 0 radical (unpaired) electrons. The predicted molar refractivity (Wildman–Crippen MR) is 98.4 cm³/mol. The van der Waals surface area contributed by atoms with Gasteiger partial charge in [0.2, 0.25) is 11.3 Å². The van der Waals surface area contributed by atoms with Crippen molar-refractivity contribution < 1.29 is 4.79 Å². The van der Waals surface area contributed by atoms with E-state index in [1.807, 2.05) is 44.2 Å². The summed E-state index contributed by atoms with van der Waals surface area (Å²) in [5, 5.41) is 7.73. The first-order chi connectivity index (χ1) is 12.1. The molecular formula is C20H21N3O2. The Hall–Kier alpha value is -2.95. The van der Waals surface area contributed by atoms with E-state index in [-0.39, 0.29) is 23.9 Å². The van der Waals surface area contributed by atoms with Gasteiger partial charge in [-0.25, -0.2) is 0 Å². The number of nitrogens with one attached hydrogen (secondary N) is 1. The van der Waals surface area contributed by atoms with E-state index in [2.05, 4.69) is 10.4 Å². The van der Waals surface area contributed by atoms with Gasteiger partial charge in [0, 0.05) is 5.39 Å². The molecular weight excluding hydrogens is 314 g/mol. The second-order valence-electron chi connectivity index (χ2n) is 6.12. The molecule has 0 aliphatic carbocycles. The van der Waals surface area contributed by atoms with E-state index >= 15 is 0 Å². The van der Waals surface area contributed by atoms with Crippen molar-refractivity contribution in [3.63, 3.8) is 0 Å². The number of carbonyl (C=O) groups is 1. The van der Waals surface area contributed by atoms with Crippen LogP contribution in [0.2, 0.25) is 0 Å². The molecule has 3 rings (SSSR count). The van der Waals surface area contributed by atoms with Crippen molar-refractivity contribution in [1.82, 2.24) is 15.1 Å². The van der Waals surface area contributed by atoms with Crippen LogP contribution in [0.15, 0.2) is 59.5 Å². The molecule has 128 valence electrons. The lowest BCUT2D eigenvalue weighted by atomic mass is 10.0. The van der Waals surface area contributed by atoms with Crippen LogP contribution in [-0.2, 0) is 11.3 Å². The Kier molecular flexibility index (Phi) is 4.93. The minimum Gasteiger partial charge on any atom is -0.348 e. The summed E-state index contributed by atoms with van der Waals surface area (Å²) >= 11 is 0. The first-order valence-corrected chi connectivity index (χ1v) is 8.39. The number of amides is 1. The summed E-state index contributed by atoms with van der Waals surface area (Å²) < 4.78 is 1.56. The molecule has 1 atom stereocenters. The minimum atomic E-state index is -0.140. The summed E-state index contributed by atoms with van der Waals surface area (Å²) in [6, 6.07) is 15.3. The van der Waals surface area contributed by atoms with Crippen molar-refractivity contribution >= 4 is 16.8 Å². The maximum Gasteiger partial charge on any atom is 0.242 e. The number of hydrogen-bond acceptors (Lipinski definition) is 3. The Morgan fingerprint density at radius 3 is 2.60 bits per heavy atom. The molecule has 2 aromatic carbocycles. The van der Waals surface area contributed by atoms with Crippen LogP contribution in [0.4, 0.5) is 0 Å². The van der Waals surface area contributed by atoms with Crippen molar-refractivity contribution in [3.05, 3.63) is 76.1 Å². The molecule has 0 aliphatic rings. The highest BCUT2D eigenvalue weighted by Gasteiger charge is 2.14. The molecule has 1 heterocycles. The number of aryl methyl sites for hydroxylation is 1. The first kappa shape index (κ1) is 16.9. The number of rotatable bonds is 5. The molecule has 1 unspecified atom stereocenters. The van der Waals surface area contributed by atoms with Crippen LogP contribution >= 0.6 is 0 Å². The first-order valence-electron chi connectivity index (χ1n) is 8.39. The van der Waals surface area contributed by atoms with Gasteiger partial charge in [-0.2, -0.15) is 5.10 Å². The maximum atomic E-state index is 12.5. The van der Waals surface area contributed by atoms with E-state index in [1.165, 1.54) is 11.8 Å². The van der Waals surface area contributed by atoms with E-state index in [1.54, 1.807) is 22.9 Å². The average molecular weight is 335 g/mol. The Labute approximate surface area is 146 Å². The van der Waals surface area contributed by atoms with E-state index in [0.717, 1.165) is 12.0 Å². The van der Waals surface area contributed by atoms with Gasteiger partial charge in [0.25, 0.3) is 0 Å². The van der Waals surface area contributed by atoms with Gasteiger partial charge in [-0.3, -0.25) is 14.3 Å². The fourth-order valence-electron chi connectivity index (χ4n) is 2.88. The van der Waals surface area contributed by atoms with Gasteiger partial charge in [0.05, 0.1) is 17.8 Å². The van der Waals surface area contributed by atoms with Gasteiger partial charge in [-0.05, 0) is 31.0 Å². The fraction of sp³-hybridized carbons (Fsp3) is 0.250. The molecule has 0 bridgehead atoms. The molecule has 1 aromatic heterocycles. The Morgan fingerprint density at radius 2 is 1.88 bits per heavy atom. The Bertz CT molecular complexity index is 945. The maximum absolute atomic E-state index is 12.5. The van der Waals surface area contributed by atoms with Crippen molar-refractivity contribution in [1.29, 1.82) is 0 Å². The summed E-state index contributed by atoms with van der Waals surface area (Å²) in [6.07, 6.45) is 2.06. The van der Waals surface area contributed by atoms with Crippen molar-refractivity contribution in [2.24, 2.45) is 0 Å². The molecule has 0 aliphatic heterocycles. The summed E-state index contributed by atoms with van der Waals surface area (Å²) in [6.45, 7) is 4.15. The van der Waals surface area contributed by atoms with Gasteiger partial charge < -0.3 is 5.32 Å². The molecule has 1 amide bonds. The van der Waals surface area contributed by atoms with Crippen LogP contribution in [0, 0.1) is 6.92 Å². The molecule has 0 fully saturated rings. The predicted octanol–water partition coefficient (Wildman–Crippen LogP) is 2.97. The van der Waals surface area contributed by atoms with Crippen LogP contribution in [0.5, 0.6) is 0 Å². The lowest BCUT2D eigenvalue weighted by Crippen LogP contribution is -2.32. The summed E-state index contributed by atoms with van der Waals surface area (Å²) in [7, 11) is 0. The van der Waals surface area contributed by atoms with Gasteiger partial charge >= 0.3 is 0 Å². The second kappa shape index (κ2) is 7.30. The molecule has 5 heteroatoms. The molecule has 0 saturated carbocycles. The number of carbonyl (C=O) groups excluding carboxylic acids is 1. The third kappa shape index (κ3) is 3.76. The zero-order valence-electron chi connectivity index (χ0n) is 14.4. The van der Waals surface area contributed by atoms with E-state index in [9.17, 15) is 9.59 Å². The summed E-state index contributed by atoms with van der Waals surface area (Å²) in [5.74, 6) is -0.131. The summed E-state index contributed by atoms with van der Waals surface area (Å²) in [4.78, 5) is 24.4. The van der Waals surface area contributed by atoms with Crippen LogP contribution in [-0.4, -0.2) is 15.7 Å². The third-order valence-electron chi connectivity index (χ3n) is 4.28. The number of benzene rings is 2. The number of fused-ring (bicyclic) bond motifs is 1. The normalized spacial score (nSPS) is 12.1. The fourth-order valence-corrected chi connectivity index (χ4v) is 2.88. The number of aromatic nitrogens is 2. The number of nitrogens with zero attached hydrogens (tertiary/aromatic N) is 2. The molecule has 1 N–H and O–H groups in total. The SMILES string of the molecule is CCC(NC(=O)Cn1ncc(=O)c2ccccc21)c1ccc(C)cc1. The highest BCUT2D eigenvalue weighted by atomic mass is 16.2. The summed E-state index contributed by atoms with van der Waals surface area (Å²) in [5.41, 5.74) is 2.79. The Balaban J connectivity index is 1.79. The quantitative estimate of drug-likeness (QED) is 0.779. The minimum absolute atomic E-state index is 0.0428. The Morgan fingerprint density at radius 1 is 1.16 bits per heavy atom. The highest BCUT2D eigenvalue weighted by molar-refractivity contribution is 5.81. The van der Waals surface area contributed by atoms with Gasteiger partial charge in [0.1, 0.15) is 6.54 Å². The van der Waals surface area contributed by atoms with Crippen LogP contribution in [0.25, 0.3) is 10.9 Å². The molecule has 0 spiro atoms. The average Bonchev–Trinajstić information content (AvgIpc) is 2.63. The van der Waals surface area contributed by atoms with E-state index in [0.29, 0.717) is 10.9 Å². The highest BCUT2D eigenvalue weighted by Crippen LogP contribution is 2.17. The third-order valence-corrected chi connectivity index (χ3v) is 4.28. The zero-order valence-corrected chi connectivity index (χ0v) is 14.4. The number of hydrogen-bond donors (Lipinski definition) is 1. The van der Waals surface area contributed by atoms with E-state index in [4.69, 9.17) is 0 Å². The van der Waals surface area contributed by atoms with Crippen LogP contribution in [0.3, 0.4) is 0 Å². The molecule has 0 saturated heterocycles. The van der Waals surface area contributed by atoms with E-state index < -0.39 is 0 Å². The van der Waals surface area contributed by atoms with Crippen molar-refractivity contribution in [2.75, 3.05) is 0 Å². The lowest BCUT2D eigenvalue weighted by molar-refractivity contribution is -0.122. The largest absolute Gasteiger partial charge is 0.348 e. The zero-order chi connectivity index (χ0) is 17.8. The van der Waals surface area contributed by atoms with Gasteiger partial charge in [-0.1, -0.05) is 48.9 Å². The topological polar surface area (TPSA) is 64.0 Å². The smallest absolute Gasteiger partial charge is 0.242 e. The van der Waals surface area contributed by atoms with Gasteiger partial charge in [-0.15, -0.1) is 0 Å². The molecule has 25 heavy (non-hydrogen) atoms.